The van der Waals surface area contributed by atoms with Crippen molar-refractivity contribution in [2.75, 3.05) is 5.32 Å². The Bertz CT molecular complexity index is 782. The molecule has 0 bridgehead atoms. The predicted octanol–water partition coefficient (Wildman–Crippen LogP) is 4.57. The first-order valence-electron chi connectivity index (χ1n) is 6.82. The quantitative estimate of drug-likeness (QED) is 0.749. The van der Waals surface area contributed by atoms with E-state index in [1.807, 2.05) is 22.9 Å². The number of nitrogens with zero attached hydrogens (tertiary/aromatic N) is 2. The lowest BCUT2D eigenvalue weighted by Crippen LogP contribution is -2.04. The molecular formula is C16H15BrFN3. The zero-order valence-electron chi connectivity index (χ0n) is 11.6. The van der Waals surface area contributed by atoms with Gasteiger partial charge in [0.25, 0.3) is 0 Å². The average molecular weight is 348 g/mol. The van der Waals surface area contributed by atoms with Gasteiger partial charge in [-0.3, -0.25) is 4.68 Å². The van der Waals surface area contributed by atoms with E-state index in [-0.39, 0.29) is 5.82 Å². The van der Waals surface area contributed by atoms with E-state index in [4.69, 9.17) is 0 Å². The zero-order valence-corrected chi connectivity index (χ0v) is 13.2. The summed E-state index contributed by atoms with van der Waals surface area (Å²) in [6.45, 7) is 3.36. The number of aryl methyl sites for hydroxylation is 1. The molecule has 3 aromatic rings. The average Bonchev–Trinajstić information content (AvgIpc) is 2.86. The van der Waals surface area contributed by atoms with Crippen LogP contribution in [0.15, 0.2) is 46.9 Å². The van der Waals surface area contributed by atoms with Crippen LogP contribution in [0.3, 0.4) is 0 Å². The standard InChI is InChI=1S/C16H15BrFN3/c1-2-21-16-6-4-3-5-12(16)15(20-21)10-19-14-9-11(17)7-8-13(14)18/h3-9,19H,2,10H2,1H3. The maximum absolute atomic E-state index is 13.7. The molecule has 21 heavy (non-hydrogen) atoms. The lowest BCUT2D eigenvalue weighted by atomic mass is 10.2. The molecule has 108 valence electrons. The van der Waals surface area contributed by atoms with Crippen molar-refractivity contribution in [3.05, 3.63) is 58.4 Å². The molecule has 0 atom stereocenters. The van der Waals surface area contributed by atoms with Crippen LogP contribution in [0.4, 0.5) is 10.1 Å². The number of benzene rings is 2. The summed E-state index contributed by atoms with van der Waals surface area (Å²) in [6, 6.07) is 12.9. The minimum absolute atomic E-state index is 0.266. The molecule has 3 nitrogen and oxygen atoms in total. The molecule has 1 N–H and O–H groups in total. The van der Waals surface area contributed by atoms with Crippen molar-refractivity contribution in [1.82, 2.24) is 9.78 Å². The summed E-state index contributed by atoms with van der Waals surface area (Å²) < 4.78 is 16.6. The number of rotatable bonds is 4. The summed E-state index contributed by atoms with van der Waals surface area (Å²) in [7, 11) is 0. The van der Waals surface area contributed by atoms with E-state index in [0.29, 0.717) is 12.2 Å². The Labute approximate surface area is 130 Å². The van der Waals surface area contributed by atoms with Crippen LogP contribution in [-0.2, 0) is 13.1 Å². The Morgan fingerprint density at radius 1 is 1.24 bits per heavy atom. The molecule has 5 heteroatoms. The number of halogens is 2. The first-order valence-corrected chi connectivity index (χ1v) is 7.61. The van der Waals surface area contributed by atoms with Crippen LogP contribution in [-0.4, -0.2) is 9.78 Å². The largest absolute Gasteiger partial charge is 0.377 e. The van der Waals surface area contributed by atoms with Gasteiger partial charge in [-0.05, 0) is 31.2 Å². The van der Waals surface area contributed by atoms with Crippen molar-refractivity contribution in [2.24, 2.45) is 0 Å². The van der Waals surface area contributed by atoms with E-state index in [9.17, 15) is 4.39 Å². The smallest absolute Gasteiger partial charge is 0.146 e. The highest BCUT2D eigenvalue weighted by Crippen LogP contribution is 2.23. The van der Waals surface area contributed by atoms with Crippen LogP contribution < -0.4 is 5.32 Å². The van der Waals surface area contributed by atoms with Crippen LogP contribution in [0.1, 0.15) is 12.6 Å². The number of fused-ring (bicyclic) bond motifs is 1. The van der Waals surface area contributed by atoms with Gasteiger partial charge < -0.3 is 5.32 Å². The molecule has 0 amide bonds. The first kappa shape index (κ1) is 14.1. The minimum atomic E-state index is -0.266. The van der Waals surface area contributed by atoms with Gasteiger partial charge in [0.2, 0.25) is 0 Å². The molecule has 0 radical (unpaired) electrons. The SMILES string of the molecule is CCn1nc(CNc2cc(Br)ccc2F)c2ccccc21. The predicted molar refractivity (Wildman–Crippen MR) is 86.8 cm³/mol. The molecule has 1 aromatic heterocycles. The molecule has 0 aliphatic carbocycles. The second-order valence-electron chi connectivity index (χ2n) is 4.76. The van der Waals surface area contributed by atoms with Gasteiger partial charge in [-0.1, -0.05) is 34.1 Å². The third kappa shape index (κ3) is 2.78. The lowest BCUT2D eigenvalue weighted by Gasteiger charge is -2.06. The molecule has 0 unspecified atom stereocenters. The normalized spacial score (nSPS) is 11.0. The van der Waals surface area contributed by atoms with E-state index < -0.39 is 0 Å². The van der Waals surface area contributed by atoms with E-state index in [1.54, 1.807) is 12.1 Å². The van der Waals surface area contributed by atoms with E-state index in [1.165, 1.54) is 6.07 Å². The third-order valence-electron chi connectivity index (χ3n) is 3.41. The van der Waals surface area contributed by atoms with E-state index >= 15 is 0 Å². The monoisotopic (exact) mass is 347 g/mol. The Morgan fingerprint density at radius 3 is 2.86 bits per heavy atom. The topological polar surface area (TPSA) is 29.9 Å². The van der Waals surface area contributed by atoms with E-state index in [0.717, 1.165) is 27.6 Å². The van der Waals surface area contributed by atoms with E-state index in [2.05, 4.69) is 39.3 Å². The second-order valence-corrected chi connectivity index (χ2v) is 5.67. The summed E-state index contributed by atoms with van der Waals surface area (Å²) in [5, 5.41) is 8.81. The van der Waals surface area contributed by atoms with Crippen LogP contribution in [0.25, 0.3) is 10.9 Å². The third-order valence-corrected chi connectivity index (χ3v) is 3.90. The summed E-state index contributed by atoms with van der Waals surface area (Å²) in [6.07, 6.45) is 0. The molecule has 0 fully saturated rings. The minimum Gasteiger partial charge on any atom is -0.377 e. The molecular weight excluding hydrogens is 333 g/mol. The summed E-state index contributed by atoms with van der Waals surface area (Å²) >= 11 is 3.35. The lowest BCUT2D eigenvalue weighted by molar-refractivity contribution is 0.629. The maximum Gasteiger partial charge on any atom is 0.146 e. The Morgan fingerprint density at radius 2 is 2.05 bits per heavy atom. The van der Waals surface area contributed by atoms with Gasteiger partial charge >= 0.3 is 0 Å². The highest BCUT2D eigenvalue weighted by molar-refractivity contribution is 9.10. The Hall–Kier alpha value is -1.88. The highest BCUT2D eigenvalue weighted by atomic mass is 79.9. The van der Waals surface area contributed by atoms with Crippen LogP contribution in [0.2, 0.25) is 0 Å². The summed E-state index contributed by atoms with van der Waals surface area (Å²) in [5.74, 6) is -0.266. The van der Waals surface area contributed by atoms with Gasteiger partial charge in [0.1, 0.15) is 5.82 Å². The number of hydrogen-bond donors (Lipinski definition) is 1. The number of para-hydroxylation sites is 1. The summed E-state index contributed by atoms with van der Waals surface area (Å²) in [4.78, 5) is 0. The van der Waals surface area contributed by atoms with Gasteiger partial charge in [-0.15, -0.1) is 0 Å². The fourth-order valence-electron chi connectivity index (χ4n) is 2.38. The van der Waals surface area contributed by atoms with Gasteiger partial charge in [0, 0.05) is 16.4 Å². The molecule has 0 spiro atoms. The van der Waals surface area contributed by atoms with Gasteiger partial charge in [0.05, 0.1) is 23.4 Å². The van der Waals surface area contributed by atoms with Crippen molar-refractivity contribution >= 4 is 32.5 Å². The van der Waals surface area contributed by atoms with Gasteiger partial charge in [-0.25, -0.2) is 4.39 Å². The molecule has 0 saturated heterocycles. The van der Waals surface area contributed by atoms with Crippen molar-refractivity contribution in [2.45, 2.75) is 20.0 Å². The molecule has 2 aromatic carbocycles. The fourth-order valence-corrected chi connectivity index (χ4v) is 2.74. The second kappa shape index (κ2) is 5.85. The van der Waals surface area contributed by atoms with Crippen molar-refractivity contribution in [3.63, 3.8) is 0 Å². The number of anilines is 1. The van der Waals surface area contributed by atoms with Crippen LogP contribution in [0.5, 0.6) is 0 Å². The molecule has 0 saturated carbocycles. The highest BCUT2D eigenvalue weighted by Gasteiger charge is 2.10. The molecule has 0 aliphatic heterocycles. The molecule has 3 rings (SSSR count). The van der Waals surface area contributed by atoms with Crippen LogP contribution in [0, 0.1) is 5.82 Å². The zero-order chi connectivity index (χ0) is 14.8. The van der Waals surface area contributed by atoms with Crippen LogP contribution >= 0.6 is 15.9 Å². The maximum atomic E-state index is 13.7. The van der Waals surface area contributed by atoms with Crippen molar-refractivity contribution in [3.8, 4) is 0 Å². The summed E-state index contributed by atoms with van der Waals surface area (Å²) in [5.41, 5.74) is 2.50. The van der Waals surface area contributed by atoms with Crippen molar-refractivity contribution < 1.29 is 4.39 Å². The fraction of sp³-hybridized carbons (Fsp3) is 0.188. The Balaban J connectivity index is 1.90. The van der Waals surface area contributed by atoms with Gasteiger partial charge in [0.15, 0.2) is 0 Å². The Kier molecular flexibility index (Phi) is 3.92. The first-order chi connectivity index (χ1) is 10.2. The number of hydrogen-bond acceptors (Lipinski definition) is 2. The molecule has 1 heterocycles. The van der Waals surface area contributed by atoms with Crippen molar-refractivity contribution in [1.29, 1.82) is 0 Å². The number of nitrogens with one attached hydrogen (secondary N) is 1. The number of aromatic nitrogens is 2. The molecule has 0 aliphatic rings. The van der Waals surface area contributed by atoms with Gasteiger partial charge in [-0.2, -0.15) is 5.10 Å².